The molecule has 2 aromatic rings. The van der Waals surface area contributed by atoms with Crippen LogP contribution in [-0.4, -0.2) is 26.0 Å². The number of esters is 1. The highest BCUT2D eigenvalue weighted by Crippen LogP contribution is 2.44. The van der Waals surface area contributed by atoms with Gasteiger partial charge in [0.1, 0.15) is 17.4 Å². The molecule has 0 radical (unpaired) electrons. The molecule has 2 aromatic carbocycles. The number of benzene rings is 2. The molecule has 0 aromatic heterocycles. The molecule has 6 nitrogen and oxygen atoms in total. The molecule has 1 aliphatic heterocycles. The summed E-state index contributed by atoms with van der Waals surface area (Å²) in [5.74, 6) is -0.677. The van der Waals surface area contributed by atoms with Crippen LogP contribution in [0.1, 0.15) is 37.3 Å². The Kier molecular flexibility index (Phi) is 5.88. The molecule has 0 fully saturated rings. The minimum absolute atomic E-state index is 0.0806. The van der Waals surface area contributed by atoms with Gasteiger partial charge in [-0.2, -0.15) is 5.26 Å². The molecule has 1 N–H and O–H groups in total. The van der Waals surface area contributed by atoms with E-state index in [-0.39, 0.29) is 23.7 Å². The Bertz CT molecular complexity index is 978. The fourth-order valence-corrected chi connectivity index (χ4v) is 3.32. The Morgan fingerprint density at radius 3 is 2.72 bits per heavy atom. The van der Waals surface area contributed by atoms with Crippen molar-refractivity contribution in [3.05, 3.63) is 53.6 Å². The standard InChI is InChI=1S/C23H25N3O3/c1-5-14(2)23(27)28-17-8-6-7-15(11-17)21-18-10-9-16(26(3)4)12-20(18)29-22(25)19(21)13-24/h6-12,14,19,21,25H,5H2,1-4H3. The van der Waals surface area contributed by atoms with Gasteiger partial charge < -0.3 is 14.4 Å². The maximum Gasteiger partial charge on any atom is 0.314 e. The maximum atomic E-state index is 12.2. The van der Waals surface area contributed by atoms with E-state index in [1.165, 1.54) is 0 Å². The maximum absolute atomic E-state index is 12.2. The first kappa shape index (κ1) is 20.4. The van der Waals surface area contributed by atoms with Crippen LogP contribution in [0.4, 0.5) is 5.69 Å². The molecule has 29 heavy (non-hydrogen) atoms. The first-order valence-electron chi connectivity index (χ1n) is 9.64. The fraction of sp³-hybridized carbons (Fsp3) is 0.348. The fourth-order valence-electron chi connectivity index (χ4n) is 3.32. The molecule has 1 aliphatic rings. The molecule has 150 valence electrons. The van der Waals surface area contributed by atoms with Gasteiger partial charge >= 0.3 is 5.97 Å². The number of anilines is 1. The average Bonchev–Trinajstić information content (AvgIpc) is 2.71. The molecule has 0 spiro atoms. The number of nitrogens with one attached hydrogen (secondary N) is 1. The molecule has 3 unspecified atom stereocenters. The van der Waals surface area contributed by atoms with Gasteiger partial charge in [-0.05, 0) is 30.2 Å². The molecule has 0 saturated carbocycles. The number of hydrogen-bond donors (Lipinski definition) is 1. The van der Waals surface area contributed by atoms with Crippen LogP contribution < -0.4 is 14.4 Å². The lowest BCUT2D eigenvalue weighted by molar-refractivity contribution is -0.138. The SMILES string of the molecule is CCC(C)C(=O)Oc1cccc(C2c3ccc(N(C)C)cc3OC(=N)C2C#N)c1. The number of hydrogen-bond acceptors (Lipinski definition) is 6. The Hall–Kier alpha value is -3.33. The van der Waals surface area contributed by atoms with Crippen molar-refractivity contribution in [2.24, 2.45) is 11.8 Å². The lowest BCUT2D eigenvalue weighted by Crippen LogP contribution is -2.31. The van der Waals surface area contributed by atoms with E-state index in [9.17, 15) is 10.1 Å². The monoisotopic (exact) mass is 391 g/mol. The second kappa shape index (κ2) is 8.36. The van der Waals surface area contributed by atoms with Crippen LogP contribution in [0, 0.1) is 28.6 Å². The highest BCUT2D eigenvalue weighted by Gasteiger charge is 2.37. The van der Waals surface area contributed by atoms with E-state index >= 15 is 0 Å². The quantitative estimate of drug-likeness (QED) is 0.605. The molecule has 0 bridgehead atoms. The molecule has 6 heteroatoms. The molecule has 0 saturated heterocycles. The lowest BCUT2D eigenvalue weighted by atomic mass is 9.79. The van der Waals surface area contributed by atoms with Gasteiger partial charge in [-0.15, -0.1) is 0 Å². The van der Waals surface area contributed by atoms with E-state index in [0.717, 1.165) is 16.8 Å². The van der Waals surface area contributed by atoms with Crippen LogP contribution in [0.5, 0.6) is 11.5 Å². The third-order valence-electron chi connectivity index (χ3n) is 5.27. The Morgan fingerprint density at radius 1 is 1.31 bits per heavy atom. The van der Waals surface area contributed by atoms with Gasteiger partial charge in [0.15, 0.2) is 0 Å². The number of carbonyl (C=O) groups excluding carboxylic acids is 1. The van der Waals surface area contributed by atoms with E-state index in [1.807, 2.05) is 57.1 Å². The van der Waals surface area contributed by atoms with E-state index in [2.05, 4.69) is 6.07 Å². The highest BCUT2D eigenvalue weighted by molar-refractivity contribution is 5.85. The first-order valence-corrected chi connectivity index (χ1v) is 9.64. The summed E-state index contributed by atoms with van der Waals surface area (Å²) in [7, 11) is 3.86. The number of nitrogens with zero attached hydrogens (tertiary/aromatic N) is 2. The van der Waals surface area contributed by atoms with Crippen molar-refractivity contribution in [1.82, 2.24) is 0 Å². The topological polar surface area (TPSA) is 86.4 Å². The average molecular weight is 391 g/mol. The largest absolute Gasteiger partial charge is 0.442 e. The third kappa shape index (κ3) is 4.09. The zero-order chi connectivity index (χ0) is 21.1. The molecule has 0 amide bonds. The van der Waals surface area contributed by atoms with Crippen molar-refractivity contribution in [2.75, 3.05) is 19.0 Å². The van der Waals surface area contributed by atoms with Crippen molar-refractivity contribution >= 4 is 17.6 Å². The predicted molar refractivity (Wildman–Crippen MR) is 112 cm³/mol. The lowest BCUT2D eigenvalue weighted by Gasteiger charge is -2.31. The third-order valence-corrected chi connectivity index (χ3v) is 5.27. The number of carbonyl (C=O) groups is 1. The van der Waals surface area contributed by atoms with Gasteiger partial charge in [-0.3, -0.25) is 10.2 Å². The minimum Gasteiger partial charge on any atom is -0.442 e. The van der Waals surface area contributed by atoms with Gasteiger partial charge in [-0.25, -0.2) is 0 Å². The summed E-state index contributed by atoms with van der Waals surface area (Å²) >= 11 is 0. The number of fused-ring (bicyclic) bond motifs is 1. The van der Waals surface area contributed by atoms with Gasteiger partial charge in [0, 0.05) is 37.3 Å². The van der Waals surface area contributed by atoms with Crippen LogP contribution >= 0.6 is 0 Å². The number of rotatable bonds is 5. The van der Waals surface area contributed by atoms with Gasteiger partial charge in [0.05, 0.1) is 12.0 Å². The predicted octanol–water partition coefficient (Wildman–Crippen LogP) is 4.35. The molecule has 0 aliphatic carbocycles. The van der Waals surface area contributed by atoms with Crippen LogP contribution in [0.25, 0.3) is 0 Å². The van der Waals surface area contributed by atoms with Crippen LogP contribution in [0.3, 0.4) is 0 Å². The molecule has 1 heterocycles. The summed E-state index contributed by atoms with van der Waals surface area (Å²) in [5, 5.41) is 18.0. The van der Waals surface area contributed by atoms with Crippen LogP contribution in [0.2, 0.25) is 0 Å². The van der Waals surface area contributed by atoms with Crippen LogP contribution in [-0.2, 0) is 4.79 Å². The second-order valence-electron chi connectivity index (χ2n) is 7.47. The van der Waals surface area contributed by atoms with Gasteiger partial charge in [-0.1, -0.05) is 32.0 Å². The van der Waals surface area contributed by atoms with E-state index in [1.54, 1.807) is 18.2 Å². The van der Waals surface area contributed by atoms with Crippen molar-refractivity contribution in [3.63, 3.8) is 0 Å². The Balaban J connectivity index is 2.03. The zero-order valence-corrected chi connectivity index (χ0v) is 17.1. The summed E-state index contributed by atoms with van der Waals surface area (Å²) < 4.78 is 11.2. The van der Waals surface area contributed by atoms with Gasteiger partial charge in [0.2, 0.25) is 5.90 Å². The summed E-state index contributed by atoms with van der Waals surface area (Å²) in [4.78, 5) is 14.1. The Morgan fingerprint density at radius 2 is 2.07 bits per heavy atom. The molecular weight excluding hydrogens is 366 g/mol. The summed E-state index contributed by atoms with van der Waals surface area (Å²) in [6.45, 7) is 3.77. The van der Waals surface area contributed by atoms with E-state index in [4.69, 9.17) is 14.9 Å². The van der Waals surface area contributed by atoms with E-state index < -0.39 is 5.92 Å². The van der Waals surface area contributed by atoms with E-state index in [0.29, 0.717) is 17.9 Å². The smallest absolute Gasteiger partial charge is 0.314 e. The molecular formula is C23H25N3O3. The van der Waals surface area contributed by atoms with Crippen molar-refractivity contribution in [1.29, 1.82) is 10.7 Å². The summed E-state index contributed by atoms with van der Waals surface area (Å²) in [5.41, 5.74) is 2.59. The number of nitriles is 1. The first-order chi connectivity index (χ1) is 13.8. The summed E-state index contributed by atoms with van der Waals surface area (Å²) in [6, 6.07) is 15.2. The van der Waals surface area contributed by atoms with Crippen molar-refractivity contribution < 1.29 is 14.3 Å². The Labute approximate surface area is 171 Å². The summed E-state index contributed by atoms with van der Waals surface area (Å²) in [6.07, 6.45) is 0.702. The minimum atomic E-state index is -0.756. The molecule has 3 rings (SSSR count). The normalized spacial score (nSPS) is 18.8. The second-order valence-corrected chi connectivity index (χ2v) is 7.47. The van der Waals surface area contributed by atoms with Crippen LogP contribution in [0.15, 0.2) is 42.5 Å². The number of ether oxygens (including phenoxy) is 2. The highest BCUT2D eigenvalue weighted by atomic mass is 16.5. The van der Waals surface area contributed by atoms with Crippen molar-refractivity contribution in [2.45, 2.75) is 26.2 Å². The van der Waals surface area contributed by atoms with Crippen molar-refractivity contribution in [3.8, 4) is 17.6 Å². The molecule has 3 atom stereocenters. The zero-order valence-electron chi connectivity index (χ0n) is 17.1. The van der Waals surface area contributed by atoms with Gasteiger partial charge in [0.25, 0.3) is 0 Å².